The molecule has 0 unspecified atom stereocenters. The lowest BCUT2D eigenvalue weighted by molar-refractivity contribution is -0.0488. The van der Waals surface area contributed by atoms with Crippen LogP contribution in [-0.2, 0) is 0 Å². The fourth-order valence-electron chi connectivity index (χ4n) is 6.00. The molecule has 0 amide bonds. The zero-order valence-corrected chi connectivity index (χ0v) is 11.6. The number of nitrogens with two attached hydrogens (primary N) is 1. The first kappa shape index (κ1) is 11.7. The molecule has 4 bridgehead atoms. The van der Waals surface area contributed by atoms with E-state index in [1.165, 1.54) is 12.8 Å². The zero-order chi connectivity index (χ0) is 12.1. The molecule has 102 valence electrons. The molecule has 1 heterocycles. The molecule has 0 spiro atoms. The van der Waals surface area contributed by atoms with Crippen molar-refractivity contribution >= 4 is 0 Å². The van der Waals surface area contributed by atoms with Crippen molar-refractivity contribution in [3.05, 3.63) is 0 Å². The minimum atomic E-state index is 0.993. The van der Waals surface area contributed by atoms with E-state index in [0.29, 0.717) is 0 Å². The monoisotopic (exact) mass is 248 g/mol. The van der Waals surface area contributed by atoms with Crippen LogP contribution in [0.15, 0.2) is 0 Å². The average Bonchev–Trinajstić information content (AvgIpc) is 2.35. The van der Waals surface area contributed by atoms with E-state index in [4.69, 9.17) is 5.84 Å². The Labute approximate surface area is 111 Å². The van der Waals surface area contributed by atoms with Crippen molar-refractivity contribution < 1.29 is 0 Å². The van der Waals surface area contributed by atoms with Crippen LogP contribution in [-0.4, -0.2) is 18.1 Å². The SMILES string of the molecule is NN1CCC(CC2C3CC4CC(C3)CC2C4)CC1. The molecular weight excluding hydrogens is 220 g/mol. The van der Waals surface area contributed by atoms with Crippen molar-refractivity contribution in [1.29, 1.82) is 0 Å². The molecule has 0 aromatic heterocycles. The van der Waals surface area contributed by atoms with Gasteiger partial charge in [0.2, 0.25) is 0 Å². The van der Waals surface area contributed by atoms with Crippen molar-refractivity contribution in [3.8, 4) is 0 Å². The molecule has 5 rings (SSSR count). The molecule has 2 nitrogen and oxygen atoms in total. The summed E-state index contributed by atoms with van der Waals surface area (Å²) in [6, 6.07) is 0. The third-order valence-electron chi connectivity index (χ3n) is 6.68. The lowest BCUT2D eigenvalue weighted by Gasteiger charge is -2.55. The maximum absolute atomic E-state index is 5.88. The minimum Gasteiger partial charge on any atom is -0.269 e. The van der Waals surface area contributed by atoms with E-state index in [1.54, 1.807) is 38.5 Å². The topological polar surface area (TPSA) is 29.3 Å². The van der Waals surface area contributed by atoms with E-state index in [0.717, 1.165) is 48.6 Å². The summed E-state index contributed by atoms with van der Waals surface area (Å²) >= 11 is 0. The van der Waals surface area contributed by atoms with Crippen LogP contribution in [0.4, 0.5) is 0 Å². The van der Waals surface area contributed by atoms with Crippen LogP contribution in [0.5, 0.6) is 0 Å². The summed E-state index contributed by atoms with van der Waals surface area (Å²) in [5, 5.41) is 2.02. The summed E-state index contributed by atoms with van der Waals surface area (Å²) in [5.74, 6) is 12.5. The van der Waals surface area contributed by atoms with Gasteiger partial charge < -0.3 is 0 Å². The number of piperidine rings is 1. The molecule has 5 fully saturated rings. The fourth-order valence-corrected chi connectivity index (χ4v) is 6.00. The molecule has 1 saturated heterocycles. The number of nitrogens with zero attached hydrogens (tertiary/aromatic N) is 1. The van der Waals surface area contributed by atoms with Gasteiger partial charge in [-0.2, -0.15) is 0 Å². The van der Waals surface area contributed by atoms with Crippen LogP contribution in [0.25, 0.3) is 0 Å². The summed E-state index contributed by atoms with van der Waals surface area (Å²) in [6.07, 6.45) is 12.2. The maximum atomic E-state index is 5.88. The number of hydrazine groups is 1. The molecule has 0 radical (unpaired) electrons. The number of hydrogen-bond acceptors (Lipinski definition) is 2. The normalized spacial score (nSPS) is 48.8. The van der Waals surface area contributed by atoms with Gasteiger partial charge in [0.25, 0.3) is 0 Å². The molecule has 0 aromatic carbocycles. The quantitative estimate of drug-likeness (QED) is 0.761. The number of hydrogen-bond donors (Lipinski definition) is 1. The van der Waals surface area contributed by atoms with Crippen molar-refractivity contribution in [2.45, 2.75) is 51.4 Å². The first-order chi connectivity index (χ1) is 8.78. The van der Waals surface area contributed by atoms with E-state index in [-0.39, 0.29) is 0 Å². The predicted octanol–water partition coefficient (Wildman–Crippen LogP) is 3.03. The van der Waals surface area contributed by atoms with Gasteiger partial charge in [0.1, 0.15) is 0 Å². The Bertz CT molecular complexity index is 278. The third kappa shape index (κ3) is 2.02. The predicted molar refractivity (Wildman–Crippen MR) is 73.6 cm³/mol. The zero-order valence-electron chi connectivity index (χ0n) is 11.6. The molecule has 4 aliphatic carbocycles. The Morgan fingerprint density at radius 1 is 0.833 bits per heavy atom. The van der Waals surface area contributed by atoms with Crippen LogP contribution in [0.3, 0.4) is 0 Å². The molecular formula is C16H28N2. The van der Waals surface area contributed by atoms with Crippen LogP contribution >= 0.6 is 0 Å². The highest BCUT2D eigenvalue weighted by Crippen LogP contribution is 2.58. The summed E-state index contributed by atoms with van der Waals surface area (Å²) in [6.45, 7) is 2.27. The van der Waals surface area contributed by atoms with Crippen LogP contribution in [0, 0.1) is 35.5 Å². The van der Waals surface area contributed by atoms with Gasteiger partial charge in [0.15, 0.2) is 0 Å². The van der Waals surface area contributed by atoms with Crippen LogP contribution in [0.2, 0.25) is 0 Å². The van der Waals surface area contributed by atoms with E-state index in [1.807, 2.05) is 5.01 Å². The van der Waals surface area contributed by atoms with Gasteiger partial charge in [0.05, 0.1) is 0 Å². The van der Waals surface area contributed by atoms with Crippen molar-refractivity contribution in [2.24, 2.45) is 41.4 Å². The van der Waals surface area contributed by atoms with Gasteiger partial charge in [-0.25, -0.2) is 5.01 Å². The second-order valence-corrected chi connectivity index (χ2v) is 7.81. The molecule has 2 N–H and O–H groups in total. The first-order valence-electron chi connectivity index (χ1n) is 8.27. The average molecular weight is 248 g/mol. The van der Waals surface area contributed by atoms with Gasteiger partial charge >= 0.3 is 0 Å². The van der Waals surface area contributed by atoms with E-state index < -0.39 is 0 Å². The third-order valence-corrected chi connectivity index (χ3v) is 6.68. The highest BCUT2D eigenvalue weighted by molar-refractivity contribution is 4.98. The van der Waals surface area contributed by atoms with Gasteiger partial charge in [-0.3, -0.25) is 5.84 Å². The lowest BCUT2D eigenvalue weighted by Crippen LogP contribution is -2.46. The largest absolute Gasteiger partial charge is 0.269 e. The van der Waals surface area contributed by atoms with Crippen molar-refractivity contribution in [1.82, 2.24) is 5.01 Å². The smallest absolute Gasteiger partial charge is 0.0131 e. The maximum Gasteiger partial charge on any atom is 0.0131 e. The summed E-state index contributed by atoms with van der Waals surface area (Å²) in [4.78, 5) is 0. The Kier molecular flexibility index (Phi) is 2.92. The van der Waals surface area contributed by atoms with Crippen molar-refractivity contribution in [3.63, 3.8) is 0 Å². The first-order valence-corrected chi connectivity index (χ1v) is 8.27. The van der Waals surface area contributed by atoms with Gasteiger partial charge in [-0.05, 0) is 86.9 Å². The van der Waals surface area contributed by atoms with Gasteiger partial charge in [-0.15, -0.1) is 0 Å². The van der Waals surface area contributed by atoms with E-state index >= 15 is 0 Å². The Morgan fingerprint density at radius 2 is 1.39 bits per heavy atom. The van der Waals surface area contributed by atoms with Gasteiger partial charge in [0, 0.05) is 13.1 Å². The Balaban J connectivity index is 1.40. The minimum absolute atomic E-state index is 0.993. The molecule has 4 saturated carbocycles. The molecule has 1 aliphatic heterocycles. The summed E-state index contributed by atoms with van der Waals surface area (Å²) in [5.41, 5.74) is 0. The van der Waals surface area contributed by atoms with E-state index in [2.05, 4.69) is 0 Å². The highest BCUT2D eigenvalue weighted by atomic mass is 15.4. The van der Waals surface area contributed by atoms with Crippen LogP contribution < -0.4 is 5.84 Å². The summed E-state index contributed by atoms with van der Waals surface area (Å²) < 4.78 is 0. The standard InChI is InChI=1S/C16H28N2/c17-18-3-1-11(2-4-18)10-16-14-6-12-5-13(8-14)9-15(16)7-12/h11-16H,1-10,17H2. The van der Waals surface area contributed by atoms with Crippen molar-refractivity contribution in [2.75, 3.05) is 13.1 Å². The molecule has 18 heavy (non-hydrogen) atoms. The molecule has 0 atom stereocenters. The molecule has 0 aromatic rings. The summed E-state index contributed by atoms with van der Waals surface area (Å²) in [7, 11) is 0. The molecule has 5 aliphatic rings. The lowest BCUT2D eigenvalue weighted by atomic mass is 9.50. The Hall–Kier alpha value is -0.0800. The second kappa shape index (κ2) is 4.49. The fraction of sp³-hybridized carbons (Fsp3) is 1.00. The van der Waals surface area contributed by atoms with Gasteiger partial charge in [-0.1, -0.05) is 0 Å². The van der Waals surface area contributed by atoms with Crippen LogP contribution in [0.1, 0.15) is 51.4 Å². The Morgan fingerprint density at radius 3 is 1.94 bits per heavy atom. The second-order valence-electron chi connectivity index (χ2n) is 7.81. The number of rotatable bonds is 2. The molecule has 2 heteroatoms. The highest BCUT2D eigenvalue weighted by Gasteiger charge is 2.48. The van der Waals surface area contributed by atoms with E-state index in [9.17, 15) is 0 Å².